The highest BCUT2D eigenvalue weighted by atomic mass is 32.2. The zero-order valence-corrected chi connectivity index (χ0v) is 18.6. The summed E-state index contributed by atoms with van der Waals surface area (Å²) in [5.74, 6) is 0.252. The molecule has 0 aliphatic rings. The van der Waals surface area contributed by atoms with Crippen molar-refractivity contribution < 1.29 is 22.7 Å². The molecule has 1 amide bonds. The van der Waals surface area contributed by atoms with Crippen molar-refractivity contribution in [3.8, 4) is 5.75 Å². The van der Waals surface area contributed by atoms with Gasteiger partial charge in [-0.15, -0.1) is 0 Å². The molecule has 3 N–H and O–H groups in total. The van der Waals surface area contributed by atoms with Gasteiger partial charge in [0.1, 0.15) is 12.4 Å². The van der Waals surface area contributed by atoms with E-state index < -0.39 is 10.0 Å². The fourth-order valence-corrected chi connectivity index (χ4v) is 3.84. The number of methoxy groups -OCH3 is 1. The highest BCUT2D eigenvalue weighted by Gasteiger charge is 2.15. The zero-order chi connectivity index (χ0) is 22.1. The van der Waals surface area contributed by atoms with E-state index in [1.807, 2.05) is 0 Å². The molecule has 0 fully saturated rings. The van der Waals surface area contributed by atoms with Crippen molar-refractivity contribution in [2.45, 2.75) is 24.8 Å². The quantitative estimate of drug-likeness (QED) is 0.397. The standard InChI is InChI=1S/C20H25N3O5S2/c1-14(2)23-30(25,26)18-10-6-16(7-11-18)21-20(29)22-19(24)15-4-8-17(9-5-15)28-13-12-27-3/h4-11,14,23H,12-13H2,1-3H3,(H2,21,22,24,29). The van der Waals surface area contributed by atoms with E-state index in [1.54, 1.807) is 57.4 Å². The van der Waals surface area contributed by atoms with E-state index in [0.717, 1.165) is 0 Å². The van der Waals surface area contributed by atoms with E-state index >= 15 is 0 Å². The normalized spacial score (nSPS) is 11.2. The summed E-state index contributed by atoms with van der Waals surface area (Å²) in [6, 6.07) is 12.5. The average molecular weight is 452 g/mol. The van der Waals surface area contributed by atoms with E-state index in [-0.39, 0.29) is 22.0 Å². The topological polar surface area (TPSA) is 106 Å². The third-order valence-electron chi connectivity index (χ3n) is 3.71. The largest absolute Gasteiger partial charge is 0.491 e. The second kappa shape index (κ2) is 11.0. The molecule has 0 heterocycles. The van der Waals surface area contributed by atoms with Crippen molar-refractivity contribution in [1.29, 1.82) is 0 Å². The van der Waals surface area contributed by atoms with Gasteiger partial charge in [-0.05, 0) is 74.6 Å². The van der Waals surface area contributed by atoms with Crippen molar-refractivity contribution in [2.24, 2.45) is 0 Å². The molecule has 0 aromatic heterocycles. The lowest BCUT2D eigenvalue weighted by Crippen LogP contribution is -2.34. The maximum atomic E-state index is 12.3. The molecule has 8 nitrogen and oxygen atoms in total. The van der Waals surface area contributed by atoms with Crippen LogP contribution in [0.1, 0.15) is 24.2 Å². The minimum absolute atomic E-state index is 0.0938. The minimum Gasteiger partial charge on any atom is -0.491 e. The van der Waals surface area contributed by atoms with Crippen molar-refractivity contribution in [3.05, 3.63) is 54.1 Å². The lowest BCUT2D eigenvalue weighted by Gasteiger charge is -2.12. The molecule has 2 aromatic carbocycles. The SMILES string of the molecule is COCCOc1ccc(C(=O)NC(=S)Nc2ccc(S(=O)(=O)NC(C)C)cc2)cc1. The number of nitrogens with one attached hydrogen (secondary N) is 3. The molecule has 0 aliphatic heterocycles. The molecule has 2 aromatic rings. The Labute approximate surface area is 182 Å². The number of thiocarbonyl (C=S) groups is 1. The zero-order valence-electron chi connectivity index (χ0n) is 17.0. The molecule has 0 atom stereocenters. The Balaban J connectivity index is 1.91. The lowest BCUT2D eigenvalue weighted by molar-refractivity contribution is 0.0977. The molecular weight excluding hydrogens is 426 g/mol. The molecule has 30 heavy (non-hydrogen) atoms. The summed E-state index contributed by atoms with van der Waals surface area (Å²) in [4.78, 5) is 12.5. The predicted octanol–water partition coefficient (Wildman–Crippen LogP) is 2.53. The van der Waals surface area contributed by atoms with Crippen LogP contribution in [0.4, 0.5) is 5.69 Å². The van der Waals surface area contributed by atoms with Crippen LogP contribution >= 0.6 is 12.2 Å². The third-order valence-corrected chi connectivity index (χ3v) is 5.59. The molecular formula is C20H25N3O5S2. The second-order valence-electron chi connectivity index (χ2n) is 6.57. The summed E-state index contributed by atoms with van der Waals surface area (Å²) in [6.45, 7) is 4.39. The molecule has 162 valence electrons. The van der Waals surface area contributed by atoms with Gasteiger partial charge in [-0.2, -0.15) is 0 Å². The van der Waals surface area contributed by atoms with E-state index in [0.29, 0.717) is 30.2 Å². The molecule has 0 spiro atoms. The van der Waals surface area contributed by atoms with Crippen LogP contribution in [0.5, 0.6) is 5.75 Å². The number of hydrogen-bond acceptors (Lipinski definition) is 6. The number of hydrogen-bond donors (Lipinski definition) is 3. The highest BCUT2D eigenvalue weighted by Crippen LogP contribution is 2.15. The van der Waals surface area contributed by atoms with Crippen LogP contribution in [-0.4, -0.2) is 45.8 Å². The summed E-state index contributed by atoms with van der Waals surface area (Å²) in [7, 11) is -1.98. The molecule has 0 unspecified atom stereocenters. The van der Waals surface area contributed by atoms with Gasteiger partial charge in [0.2, 0.25) is 10.0 Å². The Morgan fingerprint density at radius 3 is 2.23 bits per heavy atom. The van der Waals surface area contributed by atoms with E-state index in [2.05, 4.69) is 15.4 Å². The molecule has 2 rings (SSSR count). The van der Waals surface area contributed by atoms with Gasteiger partial charge in [0, 0.05) is 24.4 Å². The fraction of sp³-hybridized carbons (Fsp3) is 0.300. The first-order valence-corrected chi connectivity index (χ1v) is 11.1. The van der Waals surface area contributed by atoms with Crippen LogP contribution in [0.15, 0.2) is 53.4 Å². The predicted molar refractivity (Wildman–Crippen MR) is 119 cm³/mol. The monoisotopic (exact) mass is 451 g/mol. The van der Waals surface area contributed by atoms with E-state index in [4.69, 9.17) is 21.7 Å². The first-order chi connectivity index (χ1) is 14.2. The summed E-state index contributed by atoms with van der Waals surface area (Å²) < 4.78 is 37.2. The highest BCUT2D eigenvalue weighted by molar-refractivity contribution is 7.89. The number of anilines is 1. The van der Waals surface area contributed by atoms with Crippen LogP contribution < -0.4 is 20.1 Å². The number of ether oxygens (including phenoxy) is 2. The van der Waals surface area contributed by atoms with Gasteiger partial charge in [0.25, 0.3) is 5.91 Å². The Kier molecular flexibility index (Phi) is 8.72. The van der Waals surface area contributed by atoms with E-state index in [9.17, 15) is 13.2 Å². The molecule has 0 saturated heterocycles. The van der Waals surface area contributed by atoms with Crippen molar-refractivity contribution in [2.75, 3.05) is 25.6 Å². The number of sulfonamides is 1. The van der Waals surface area contributed by atoms with Gasteiger partial charge >= 0.3 is 0 Å². The average Bonchev–Trinajstić information content (AvgIpc) is 2.68. The maximum Gasteiger partial charge on any atom is 0.257 e. The summed E-state index contributed by atoms with van der Waals surface area (Å²) in [5, 5.41) is 5.52. The number of carbonyl (C=O) groups excluding carboxylic acids is 1. The van der Waals surface area contributed by atoms with Crippen LogP contribution in [-0.2, 0) is 14.8 Å². The van der Waals surface area contributed by atoms with Crippen LogP contribution in [0.3, 0.4) is 0 Å². The third kappa shape index (κ3) is 7.38. The lowest BCUT2D eigenvalue weighted by atomic mass is 10.2. The molecule has 0 aliphatic carbocycles. The smallest absolute Gasteiger partial charge is 0.257 e. The van der Waals surface area contributed by atoms with Gasteiger partial charge in [-0.1, -0.05) is 0 Å². The minimum atomic E-state index is -3.57. The van der Waals surface area contributed by atoms with Crippen molar-refractivity contribution >= 4 is 38.9 Å². The van der Waals surface area contributed by atoms with Crippen LogP contribution in [0, 0.1) is 0 Å². The van der Waals surface area contributed by atoms with E-state index in [1.165, 1.54) is 12.1 Å². The van der Waals surface area contributed by atoms with Gasteiger partial charge in [-0.25, -0.2) is 13.1 Å². The van der Waals surface area contributed by atoms with Gasteiger partial charge in [0.05, 0.1) is 11.5 Å². The summed E-state index contributed by atoms with van der Waals surface area (Å²) in [5.41, 5.74) is 0.963. The van der Waals surface area contributed by atoms with Gasteiger partial charge < -0.3 is 14.8 Å². The molecule has 0 radical (unpaired) electrons. The Morgan fingerprint density at radius 1 is 1.03 bits per heavy atom. The second-order valence-corrected chi connectivity index (χ2v) is 8.70. The van der Waals surface area contributed by atoms with Gasteiger partial charge in [-0.3, -0.25) is 10.1 Å². The Morgan fingerprint density at radius 2 is 1.67 bits per heavy atom. The maximum absolute atomic E-state index is 12.3. The number of carbonyl (C=O) groups is 1. The molecule has 0 bridgehead atoms. The first-order valence-electron chi connectivity index (χ1n) is 9.18. The summed E-state index contributed by atoms with van der Waals surface area (Å²) in [6.07, 6.45) is 0. The molecule has 0 saturated carbocycles. The Hall–Kier alpha value is -2.53. The van der Waals surface area contributed by atoms with Crippen molar-refractivity contribution in [3.63, 3.8) is 0 Å². The fourth-order valence-electron chi connectivity index (χ4n) is 2.38. The van der Waals surface area contributed by atoms with Crippen LogP contribution in [0.25, 0.3) is 0 Å². The van der Waals surface area contributed by atoms with Gasteiger partial charge in [0.15, 0.2) is 5.11 Å². The Bertz CT molecular complexity index is 959. The van der Waals surface area contributed by atoms with Crippen molar-refractivity contribution in [1.82, 2.24) is 10.0 Å². The number of amides is 1. The molecule has 10 heteroatoms. The summed E-state index contributed by atoms with van der Waals surface area (Å²) >= 11 is 5.16. The first kappa shape index (κ1) is 23.7. The number of rotatable bonds is 9. The number of benzene rings is 2. The van der Waals surface area contributed by atoms with Crippen LogP contribution in [0.2, 0.25) is 0 Å².